The molecule has 0 aromatic carbocycles. The number of carbonyl (C=O) groups is 10. The van der Waals surface area contributed by atoms with Gasteiger partial charge in [0.2, 0.25) is 5.60 Å². The van der Waals surface area contributed by atoms with Crippen molar-refractivity contribution in [3.05, 3.63) is 0 Å². The summed E-state index contributed by atoms with van der Waals surface area (Å²) in [6.45, 7) is 36.9. The van der Waals surface area contributed by atoms with Crippen molar-refractivity contribution in [3.63, 3.8) is 0 Å². The number of rotatable bonds is 14. The summed E-state index contributed by atoms with van der Waals surface area (Å²) in [6.07, 6.45) is 13.5. The molecule has 8 saturated carbocycles. The predicted molar refractivity (Wildman–Crippen MR) is 341 cm³/mol. The molecular weight excluding hydrogens is 1210 g/mol. The van der Waals surface area contributed by atoms with E-state index in [2.05, 4.69) is 20.8 Å². The first-order valence-electron chi connectivity index (χ1n) is 35.2. The van der Waals surface area contributed by atoms with Gasteiger partial charge in [-0.3, -0.25) is 43.2 Å². The van der Waals surface area contributed by atoms with E-state index in [4.69, 9.17) is 42.6 Å². The van der Waals surface area contributed by atoms with Crippen LogP contribution in [0.2, 0.25) is 0 Å². The molecule has 0 spiro atoms. The van der Waals surface area contributed by atoms with Gasteiger partial charge in [-0.1, -0.05) is 48.5 Å². The normalized spacial score (nSPS) is 40.1. The highest BCUT2D eigenvalue weighted by molar-refractivity contribution is 5.87. The highest BCUT2D eigenvalue weighted by Crippen LogP contribution is 2.65. The van der Waals surface area contributed by atoms with Crippen LogP contribution in [-0.4, -0.2) is 117 Å². The van der Waals surface area contributed by atoms with Crippen molar-refractivity contribution < 1.29 is 95.7 Å². The van der Waals surface area contributed by atoms with Crippen LogP contribution in [0.1, 0.15) is 286 Å². The largest absolute Gasteiger partial charge is 0.481 e. The molecule has 94 heavy (non-hydrogen) atoms. The number of fused-ring (bicyclic) bond motifs is 4. The highest BCUT2D eigenvalue weighted by Gasteiger charge is 2.69. The first kappa shape index (κ1) is 73.0. The lowest BCUT2D eigenvalue weighted by atomic mass is 9.52. The average molecular weight is 1320 g/mol. The molecule has 8 aliphatic carbocycles. The molecule has 16 aliphatic rings. The van der Waals surface area contributed by atoms with Gasteiger partial charge in [-0.25, -0.2) is 4.79 Å². The van der Waals surface area contributed by atoms with Gasteiger partial charge >= 0.3 is 59.7 Å². The first-order chi connectivity index (χ1) is 42.9. The fraction of sp³-hybridized carbons (Fsp3) is 0.865. The maximum absolute atomic E-state index is 13.1. The van der Waals surface area contributed by atoms with Crippen molar-refractivity contribution in [2.75, 3.05) is 0 Å². The van der Waals surface area contributed by atoms with Gasteiger partial charge < -0.3 is 47.7 Å². The Labute approximate surface area is 557 Å². The number of aliphatic carboxylic acids is 1. The van der Waals surface area contributed by atoms with Crippen LogP contribution in [0.4, 0.5) is 0 Å². The summed E-state index contributed by atoms with van der Waals surface area (Å²) in [7, 11) is 0. The Hall–Kier alpha value is -5.30. The molecule has 0 radical (unpaired) electrons. The second-order valence-electron chi connectivity index (χ2n) is 36.8. The predicted octanol–water partition coefficient (Wildman–Crippen LogP) is 13.1. The number of hydrogen-bond donors (Lipinski definition) is 1. The lowest BCUT2D eigenvalue weighted by Crippen LogP contribution is -2.57. The van der Waals surface area contributed by atoms with Gasteiger partial charge in [-0.2, -0.15) is 0 Å². The van der Waals surface area contributed by atoms with E-state index in [1.54, 1.807) is 0 Å². The van der Waals surface area contributed by atoms with Crippen molar-refractivity contribution >= 4 is 59.7 Å². The van der Waals surface area contributed by atoms with E-state index in [-0.39, 0.29) is 95.0 Å². The third kappa shape index (κ3) is 14.2. The average Bonchev–Trinajstić information content (AvgIpc) is 1.44. The smallest absolute Gasteiger partial charge is 0.350 e. The van der Waals surface area contributed by atoms with Crippen LogP contribution in [0, 0.1) is 66.0 Å². The van der Waals surface area contributed by atoms with Crippen molar-refractivity contribution in [3.8, 4) is 0 Å². The zero-order chi connectivity index (χ0) is 70.1. The van der Waals surface area contributed by atoms with Gasteiger partial charge in [-0.15, -0.1) is 0 Å². The minimum absolute atomic E-state index is 0.0153. The van der Waals surface area contributed by atoms with E-state index in [1.807, 2.05) is 111 Å². The molecule has 8 aliphatic heterocycles. The number of carboxylic acid groups (broad SMARTS) is 1. The van der Waals surface area contributed by atoms with Crippen LogP contribution >= 0.6 is 0 Å². The third-order valence-electron chi connectivity index (χ3n) is 24.5. The molecule has 0 amide bonds. The minimum atomic E-state index is -1.07. The maximum atomic E-state index is 13.1. The van der Waals surface area contributed by atoms with E-state index >= 15 is 0 Å². The van der Waals surface area contributed by atoms with Crippen molar-refractivity contribution in [1.82, 2.24) is 0 Å². The number of ether oxygens (including phenoxy) is 9. The Morgan fingerprint density at radius 1 is 0.404 bits per heavy atom. The van der Waals surface area contributed by atoms with Crippen LogP contribution < -0.4 is 0 Å². The van der Waals surface area contributed by atoms with Crippen LogP contribution in [0.15, 0.2) is 0 Å². The first-order valence-corrected chi connectivity index (χ1v) is 35.2. The Balaban J connectivity index is 0.000000148. The van der Waals surface area contributed by atoms with Crippen molar-refractivity contribution in [2.24, 2.45) is 66.0 Å². The van der Waals surface area contributed by atoms with Crippen molar-refractivity contribution in [2.45, 2.75) is 338 Å². The molecule has 14 atom stereocenters. The summed E-state index contributed by atoms with van der Waals surface area (Å²) in [4.78, 5) is 125. The molecule has 20 heteroatoms. The van der Waals surface area contributed by atoms with Crippen LogP contribution in [0.5, 0.6) is 0 Å². The van der Waals surface area contributed by atoms with Gasteiger partial charge in [0.1, 0.15) is 46.8 Å². The standard InChI is InChI=1S/C21H32O6.2C18H28O4.C17H24O6/c1-7-19(5,6)16(23)27-21-9-13-8-20(12-21,17(24)26-18(2,3)4)10-14(11-21)25-15(13)22;1-6-15(2,3)13(19)22-18-8-12-7-16(4,10-18)9-17(5,11-18)14(20)21-12;1-6-15(2,3)13(19)22-18-10-16(4)7-12(21-14(18)20)8-17(5,9-16)11-18;1-4-15(2,3)14(21)23-17-6-10-5-16(9-17,13(19)20)7-11(8-17)22-12(10)18/h13-14H,7-12H2,1-6H3;2*12H,6-11H2,1-5H3;10-11H,4-9H2,1-3H3,(H,19,20). The second-order valence-corrected chi connectivity index (χ2v) is 36.8. The van der Waals surface area contributed by atoms with Gasteiger partial charge in [0.15, 0.2) is 0 Å². The Morgan fingerprint density at radius 3 is 1.20 bits per heavy atom. The number of carbonyl (C=O) groups excluding carboxylic acids is 9. The molecular formula is C74H112O20. The summed E-state index contributed by atoms with van der Waals surface area (Å²) >= 11 is 0. The molecule has 16 bridgehead atoms. The van der Waals surface area contributed by atoms with Crippen LogP contribution in [0.3, 0.4) is 0 Å². The minimum Gasteiger partial charge on any atom is -0.481 e. The fourth-order valence-electron chi connectivity index (χ4n) is 19.2. The lowest BCUT2D eigenvalue weighted by Gasteiger charge is -2.54. The SMILES string of the molecule is CCC(C)(C)C(=O)OC12CC3(C)CC(CC(C)(C3)C1)OC2=O.CCC(C)(C)C(=O)OC12CC3CC(C(=O)O)(CC(C1)C(=O)O3)C2.CCC(C)(C)C(=O)OC12CC3CC(C(=O)OC(C)(C)C)(CC(C1)C(=O)O3)C2.CCC(C)(C)C(=O)OC12CC3CC(C)(C1)CC(C)(C2)C(=O)O3. The Morgan fingerprint density at radius 2 is 0.766 bits per heavy atom. The van der Waals surface area contributed by atoms with Crippen molar-refractivity contribution in [1.29, 1.82) is 0 Å². The summed E-state index contributed by atoms with van der Waals surface area (Å²) in [5, 5.41) is 9.74. The van der Waals surface area contributed by atoms with E-state index in [0.717, 1.165) is 44.9 Å². The molecule has 14 unspecified atom stereocenters. The number of carboxylic acids is 1. The highest BCUT2D eigenvalue weighted by atomic mass is 16.6. The molecule has 16 rings (SSSR count). The van der Waals surface area contributed by atoms with E-state index < -0.39 is 95.9 Å². The molecule has 0 aromatic heterocycles. The lowest BCUT2D eigenvalue weighted by molar-refractivity contribution is -0.205. The zero-order valence-corrected chi connectivity index (χ0v) is 60.1. The number of esters is 9. The topological polar surface area (TPSA) is 274 Å². The van der Waals surface area contributed by atoms with Crippen LogP contribution in [0.25, 0.3) is 0 Å². The molecule has 8 heterocycles. The zero-order valence-electron chi connectivity index (χ0n) is 60.1. The number of hydrogen-bond acceptors (Lipinski definition) is 19. The van der Waals surface area contributed by atoms with E-state index in [9.17, 15) is 53.1 Å². The molecule has 8 saturated heterocycles. The Bertz CT molecular complexity index is 3060. The van der Waals surface area contributed by atoms with Gasteiger partial charge in [0, 0.05) is 77.0 Å². The summed E-state index contributed by atoms with van der Waals surface area (Å²) in [5.74, 6) is -4.22. The van der Waals surface area contributed by atoms with E-state index in [1.165, 1.54) is 0 Å². The quantitative estimate of drug-likeness (QED) is 0.125. The summed E-state index contributed by atoms with van der Waals surface area (Å²) in [6, 6.07) is 0. The maximum Gasteiger partial charge on any atom is 0.350 e. The van der Waals surface area contributed by atoms with Gasteiger partial charge in [0.05, 0.1) is 49.7 Å². The van der Waals surface area contributed by atoms with Gasteiger partial charge in [0.25, 0.3) is 0 Å². The molecule has 20 nitrogen and oxygen atoms in total. The monoisotopic (exact) mass is 1320 g/mol. The Kier molecular flexibility index (Phi) is 18.6. The summed E-state index contributed by atoms with van der Waals surface area (Å²) < 4.78 is 52.1. The van der Waals surface area contributed by atoms with Crippen LogP contribution in [-0.2, 0) is 90.6 Å². The fourth-order valence-corrected chi connectivity index (χ4v) is 19.2. The van der Waals surface area contributed by atoms with Gasteiger partial charge in [-0.05, 0) is 176 Å². The second kappa shape index (κ2) is 24.0. The van der Waals surface area contributed by atoms with E-state index in [0.29, 0.717) is 96.3 Å². The molecule has 528 valence electrons. The summed E-state index contributed by atoms with van der Waals surface area (Å²) in [5.41, 5.74) is -8.52. The third-order valence-corrected chi connectivity index (χ3v) is 24.5. The molecule has 16 fully saturated rings. The molecule has 1 N–H and O–H groups in total. The molecule has 0 aromatic rings.